The maximum atomic E-state index is 8.33. The zero-order valence-electron chi connectivity index (χ0n) is 4.50. The van der Waals surface area contributed by atoms with E-state index in [0.29, 0.717) is 10.3 Å². The summed E-state index contributed by atoms with van der Waals surface area (Å²) in [5.74, 6) is 0. The van der Waals surface area contributed by atoms with Crippen LogP contribution in [0.3, 0.4) is 0 Å². The van der Waals surface area contributed by atoms with Crippen molar-refractivity contribution in [3.05, 3.63) is 28.5 Å². The Morgan fingerprint density at radius 1 is 1.56 bits per heavy atom. The van der Waals surface area contributed by atoms with Crippen LogP contribution in [0.4, 0.5) is 0 Å². The van der Waals surface area contributed by atoms with Crippen LogP contribution in [0.2, 0.25) is 0 Å². The van der Waals surface area contributed by atoms with Gasteiger partial charge in [0.05, 0.1) is 0 Å². The lowest BCUT2D eigenvalue weighted by Gasteiger charge is -1.86. The van der Waals surface area contributed by atoms with E-state index in [4.69, 9.17) is 5.26 Å². The number of hydrogen-bond acceptors (Lipinski definition) is 2. The van der Waals surface area contributed by atoms with Crippen LogP contribution in [0.25, 0.3) is 0 Å². The monoisotopic (exact) mass is 184 g/mol. The van der Waals surface area contributed by atoms with Crippen molar-refractivity contribution in [2.24, 2.45) is 0 Å². The Labute approximate surface area is 61.3 Å². The molecule has 0 fully saturated rings. The molecule has 0 unspecified atom stereocenters. The molecule has 0 spiro atoms. The molecule has 0 radical (unpaired) electrons. The van der Waals surface area contributed by atoms with Crippen molar-refractivity contribution in [1.29, 1.82) is 5.26 Å². The third kappa shape index (κ3) is 1.51. The highest BCUT2D eigenvalue weighted by atomic mass is 79.9. The third-order valence-electron chi connectivity index (χ3n) is 0.830. The Kier molecular flexibility index (Phi) is 1.81. The number of halogens is 1. The van der Waals surface area contributed by atoms with Crippen LogP contribution in [0.5, 0.6) is 0 Å². The van der Waals surface area contributed by atoms with Gasteiger partial charge in [0.15, 0.2) is 0 Å². The number of nitriles is 1. The molecule has 0 atom stereocenters. The predicted octanol–water partition coefficient (Wildman–Crippen LogP) is 1.72. The van der Waals surface area contributed by atoms with Crippen LogP contribution in [-0.2, 0) is 0 Å². The molecule has 1 rings (SSSR count). The van der Waals surface area contributed by atoms with Gasteiger partial charge in [0.1, 0.15) is 16.4 Å². The fourth-order valence-corrected chi connectivity index (χ4v) is 0.814. The molecule has 0 aliphatic heterocycles. The zero-order valence-corrected chi connectivity index (χ0v) is 6.09. The number of hydrogen-bond donors (Lipinski definition) is 0. The van der Waals surface area contributed by atoms with Gasteiger partial charge in [-0.2, -0.15) is 5.26 Å². The first-order valence-electron chi connectivity index (χ1n) is 2.35. The SMILES string of the molecule is [15N]#[13C]c1cccc(Br)n1. The summed E-state index contributed by atoms with van der Waals surface area (Å²) in [4.78, 5) is 3.85. The second kappa shape index (κ2) is 2.60. The van der Waals surface area contributed by atoms with Gasteiger partial charge < -0.3 is 0 Å². The quantitative estimate of drug-likeness (QED) is 0.350. The van der Waals surface area contributed by atoms with Gasteiger partial charge in [-0.15, -0.1) is 0 Å². The number of nitrogens with zero attached hydrogens (tertiary/aromatic N) is 2. The summed E-state index contributed by atoms with van der Waals surface area (Å²) < 4.78 is 0.696. The first-order chi connectivity index (χ1) is 4.33. The molecular weight excluding hydrogens is 182 g/mol. The Morgan fingerprint density at radius 2 is 2.33 bits per heavy atom. The van der Waals surface area contributed by atoms with E-state index in [1.165, 1.54) is 0 Å². The Morgan fingerprint density at radius 3 is 2.78 bits per heavy atom. The minimum atomic E-state index is 0.435. The Bertz CT molecular complexity index is 251. The summed E-state index contributed by atoms with van der Waals surface area (Å²) in [5.41, 5.74) is 0.435. The van der Waals surface area contributed by atoms with Gasteiger partial charge in [-0.3, -0.25) is 0 Å². The summed E-state index contributed by atoms with van der Waals surface area (Å²) in [6.07, 6.45) is 0. The van der Waals surface area contributed by atoms with Crippen molar-refractivity contribution < 1.29 is 0 Å². The van der Waals surface area contributed by atoms with E-state index in [-0.39, 0.29) is 0 Å². The van der Waals surface area contributed by atoms with Crippen molar-refractivity contribution in [3.63, 3.8) is 0 Å². The van der Waals surface area contributed by atoms with Crippen LogP contribution in [0.1, 0.15) is 5.69 Å². The zero-order chi connectivity index (χ0) is 6.69. The highest BCUT2D eigenvalue weighted by Gasteiger charge is 1.89. The van der Waals surface area contributed by atoms with Crippen LogP contribution >= 0.6 is 15.9 Å². The van der Waals surface area contributed by atoms with Gasteiger partial charge in [-0.05, 0) is 28.1 Å². The molecular formula is C6H3BrN2. The van der Waals surface area contributed by atoms with Crippen LogP contribution < -0.4 is 0 Å². The second-order valence-corrected chi connectivity index (χ2v) is 2.27. The maximum absolute atomic E-state index is 8.33. The Balaban J connectivity index is 3.12. The lowest BCUT2D eigenvalue weighted by atomic mass is 10.4. The fourth-order valence-electron chi connectivity index (χ4n) is 0.471. The van der Waals surface area contributed by atoms with Crippen LogP contribution in [0.15, 0.2) is 22.8 Å². The van der Waals surface area contributed by atoms with E-state index in [9.17, 15) is 0 Å². The molecule has 2 nitrogen and oxygen atoms in total. The van der Waals surface area contributed by atoms with E-state index in [1.807, 2.05) is 6.07 Å². The van der Waals surface area contributed by atoms with Crippen molar-refractivity contribution in [1.82, 2.24) is 4.98 Å². The molecule has 0 aliphatic rings. The van der Waals surface area contributed by atoms with Crippen molar-refractivity contribution in [2.75, 3.05) is 0 Å². The minimum Gasteiger partial charge on any atom is -0.230 e. The predicted molar refractivity (Wildman–Crippen MR) is 36.7 cm³/mol. The highest BCUT2D eigenvalue weighted by molar-refractivity contribution is 9.10. The number of rotatable bonds is 0. The average molecular weight is 185 g/mol. The second-order valence-electron chi connectivity index (χ2n) is 1.46. The van der Waals surface area contributed by atoms with Gasteiger partial charge in [-0.25, -0.2) is 4.98 Å². The molecule has 44 valence electrons. The lowest BCUT2D eigenvalue weighted by Crippen LogP contribution is -1.79. The first kappa shape index (κ1) is 6.24. The number of aromatic nitrogens is 1. The van der Waals surface area contributed by atoms with Gasteiger partial charge in [0.25, 0.3) is 0 Å². The molecule has 0 aliphatic carbocycles. The van der Waals surface area contributed by atoms with E-state index < -0.39 is 0 Å². The molecule has 0 bridgehead atoms. The first-order valence-corrected chi connectivity index (χ1v) is 3.15. The van der Waals surface area contributed by atoms with E-state index in [2.05, 4.69) is 20.9 Å². The maximum Gasteiger partial charge on any atom is 0.141 e. The lowest BCUT2D eigenvalue weighted by molar-refractivity contribution is 1.22. The normalized spacial score (nSPS) is 8.44. The summed E-state index contributed by atoms with van der Waals surface area (Å²) in [5, 5.41) is 8.33. The summed E-state index contributed by atoms with van der Waals surface area (Å²) in [7, 11) is 0. The molecule has 0 N–H and O–H groups in total. The van der Waals surface area contributed by atoms with Crippen LogP contribution in [-0.4, -0.2) is 4.98 Å². The molecule has 1 aromatic heterocycles. The van der Waals surface area contributed by atoms with Gasteiger partial charge in [0.2, 0.25) is 0 Å². The fraction of sp³-hybridized carbons (Fsp3) is 0. The molecule has 3 heteroatoms. The standard InChI is InChI=1S/C6H3BrN2/c7-6-3-1-2-5(4-8)9-6/h1-3H/i4+1,8+1. The Hall–Kier alpha value is -0.880. The van der Waals surface area contributed by atoms with Crippen molar-refractivity contribution >= 4 is 15.9 Å². The molecule has 0 saturated heterocycles. The van der Waals surface area contributed by atoms with E-state index in [1.54, 1.807) is 18.2 Å². The molecule has 1 aromatic rings. The van der Waals surface area contributed by atoms with Crippen LogP contribution in [0, 0.1) is 11.3 Å². The summed E-state index contributed by atoms with van der Waals surface area (Å²) in [6, 6.07) is 7.14. The topological polar surface area (TPSA) is 36.7 Å². The molecule has 1 heterocycles. The highest BCUT2D eigenvalue weighted by Crippen LogP contribution is 2.04. The molecule has 0 aromatic carbocycles. The van der Waals surface area contributed by atoms with E-state index >= 15 is 0 Å². The van der Waals surface area contributed by atoms with E-state index in [0.717, 1.165) is 0 Å². The minimum absolute atomic E-state index is 0.435. The smallest absolute Gasteiger partial charge is 0.141 e. The van der Waals surface area contributed by atoms with Crippen molar-refractivity contribution in [3.8, 4) is 6.07 Å². The largest absolute Gasteiger partial charge is 0.230 e. The average Bonchev–Trinajstić information content (AvgIpc) is 1.88. The number of pyridine rings is 1. The molecule has 0 saturated carbocycles. The van der Waals surface area contributed by atoms with Gasteiger partial charge in [-0.1, -0.05) is 6.07 Å². The third-order valence-corrected chi connectivity index (χ3v) is 1.27. The summed E-state index contributed by atoms with van der Waals surface area (Å²) in [6.45, 7) is 0. The molecule has 0 amide bonds. The molecule has 9 heavy (non-hydrogen) atoms. The van der Waals surface area contributed by atoms with Crippen molar-refractivity contribution in [2.45, 2.75) is 0 Å². The summed E-state index contributed by atoms with van der Waals surface area (Å²) >= 11 is 3.14. The van der Waals surface area contributed by atoms with Gasteiger partial charge >= 0.3 is 0 Å². The van der Waals surface area contributed by atoms with Gasteiger partial charge in [0, 0.05) is 0 Å².